The number of ether oxygens (including phenoxy) is 2. The van der Waals surface area contributed by atoms with E-state index in [0.717, 1.165) is 29.9 Å². The first-order valence-corrected chi connectivity index (χ1v) is 10.2. The van der Waals surface area contributed by atoms with Crippen LogP contribution in [0.4, 0.5) is 0 Å². The summed E-state index contributed by atoms with van der Waals surface area (Å²) < 4.78 is 10.8. The van der Waals surface area contributed by atoms with Gasteiger partial charge in [0.25, 0.3) is 0 Å². The van der Waals surface area contributed by atoms with Crippen molar-refractivity contribution in [1.82, 2.24) is 5.32 Å². The van der Waals surface area contributed by atoms with Gasteiger partial charge in [-0.2, -0.15) is 0 Å². The molecule has 2 heterocycles. The fourth-order valence-electron chi connectivity index (χ4n) is 4.35. The lowest BCUT2D eigenvalue weighted by molar-refractivity contribution is -0.126. The summed E-state index contributed by atoms with van der Waals surface area (Å²) in [6.07, 6.45) is 10.2. The molecule has 2 aliphatic heterocycles. The highest BCUT2D eigenvalue weighted by molar-refractivity contribution is 8.01. The second-order valence-corrected chi connectivity index (χ2v) is 8.37. The molecule has 150 valence electrons. The Morgan fingerprint density at radius 3 is 3.00 bits per heavy atom. The van der Waals surface area contributed by atoms with Crippen molar-refractivity contribution < 1.29 is 14.3 Å². The number of hydrogen-bond acceptors (Lipinski definition) is 5. The van der Waals surface area contributed by atoms with Crippen LogP contribution in [-0.2, 0) is 11.3 Å². The van der Waals surface area contributed by atoms with E-state index in [9.17, 15) is 4.79 Å². The maximum atomic E-state index is 13.0. The lowest BCUT2D eigenvalue weighted by atomic mass is 9.73. The molecule has 1 aromatic carbocycles. The molecule has 1 spiro atoms. The number of thioether (sulfide) groups is 1. The van der Waals surface area contributed by atoms with Crippen LogP contribution in [0.5, 0.6) is 11.5 Å². The van der Waals surface area contributed by atoms with Gasteiger partial charge in [-0.1, -0.05) is 24.3 Å². The number of methoxy groups -OCH3 is 2. The fraction of sp³-hybridized carbons (Fsp3) is 0.429. The van der Waals surface area contributed by atoms with Crippen molar-refractivity contribution in [3.05, 3.63) is 47.7 Å². The lowest BCUT2D eigenvalue weighted by Crippen LogP contribution is -2.43. The smallest absolute Gasteiger partial charge is 0.224 e. The van der Waals surface area contributed by atoms with Gasteiger partial charge in [-0.25, -0.2) is 0 Å². The summed E-state index contributed by atoms with van der Waals surface area (Å²) in [5, 5.41) is 3.12. The summed E-state index contributed by atoms with van der Waals surface area (Å²) in [5.41, 5.74) is 2.04. The van der Waals surface area contributed by atoms with E-state index in [-0.39, 0.29) is 29.0 Å². The van der Waals surface area contributed by atoms with Crippen LogP contribution in [0, 0.1) is 11.8 Å². The van der Waals surface area contributed by atoms with Crippen molar-refractivity contribution in [2.24, 2.45) is 16.8 Å². The van der Waals surface area contributed by atoms with Crippen LogP contribution in [-0.4, -0.2) is 36.8 Å². The van der Waals surface area contributed by atoms with Crippen LogP contribution >= 0.6 is 24.2 Å². The van der Waals surface area contributed by atoms with Gasteiger partial charge in [0.2, 0.25) is 5.91 Å². The Morgan fingerprint density at radius 1 is 1.36 bits per heavy atom. The molecule has 1 aromatic rings. The first-order valence-electron chi connectivity index (χ1n) is 9.21. The number of amides is 1. The number of halogens is 1. The number of nitrogens with zero attached hydrogens (tertiary/aromatic N) is 1. The number of carbonyl (C=O) groups excluding carboxylic acids is 1. The zero-order valence-electron chi connectivity index (χ0n) is 16.0. The third-order valence-corrected chi connectivity index (χ3v) is 7.43. The molecule has 1 fully saturated rings. The van der Waals surface area contributed by atoms with Gasteiger partial charge in [0, 0.05) is 24.1 Å². The van der Waals surface area contributed by atoms with Crippen molar-refractivity contribution in [3.63, 3.8) is 0 Å². The highest BCUT2D eigenvalue weighted by atomic mass is 35.5. The average molecular weight is 421 g/mol. The van der Waals surface area contributed by atoms with Crippen LogP contribution in [0.1, 0.15) is 18.4 Å². The second-order valence-electron chi connectivity index (χ2n) is 7.02. The maximum Gasteiger partial charge on any atom is 0.224 e. The van der Waals surface area contributed by atoms with Gasteiger partial charge in [-0.05, 0) is 30.9 Å². The fourth-order valence-corrected chi connectivity index (χ4v) is 6.16. The van der Waals surface area contributed by atoms with E-state index in [4.69, 9.17) is 9.47 Å². The molecule has 1 saturated heterocycles. The summed E-state index contributed by atoms with van der Waals surface area (Å²) in [6, 6.07) is 5.71. The first-order chi connectivity index (χ1) is 13.2. The topological polar surface area (TPSA) is 59.9 Å². The van der Waals surface area contributed by atoms with Crippen LogP contribution in [0.3, 0.4) is 0 Å². The number of hydrogen-bond donors (Lipinski definition) is 1. The molecular formula is C21H25ClN2O3S. The van der Waals surface area contributed by atoms with E-state index in [0.29, 0.717) is 24.0 Å². The molecule has 1 aliphatic carbocycles. The van der Waals surface area contributed by atoms with E-state index in [2.05, 4.69) is 28.5 Å². The van der Waals surface area contributed by atoms with Gasteiger partial charge < -0.3 is 14.8 Å². The van der Waals surface area contributed by atoms with E-state index in [1.165, 1.54) is 0 Å². The molecule has 3 aliphatic rings. The van der Waals surface area contributed by atoms with E-state index < -0.39 is 0 Å². The molecule has 0 bridgehead atoms. The number of rotatable bonds is 5. The van der Waals surface area contributed by atoms with E-state index in [1.807, 2.05) is 36.2 Å². The molecule has 1 amide bonds. The van der Waals surface area contributed by atoms with E-state index >= 15 is 0 Å². The zero-order valence-corrected chi connectivity index (χ0v) is 17.6. The van der Waals surface area contributed by atoms with Gasteiger partial charge in [-0.15, -0.1) is 24.2 Å². The average Bonchev–Trinajstić information content (AvgIpc) is 3.09. The van der Waals surface area contributed by atoms with Gasteiger partial charge in [0.05, 0.1) is 30.6 Å². The van der Waals surface area contributed by atoms with Crippen molar-refractivity contribution >= 4 is 36.3 Å². The normalized spacial score (nSPS) is 27.1. The number of aliphatic imine (C=N–C) groups is 1. The number of allylic oxidation sites excluding steroid dienone is 3. The summed E-state index contributed by atoms with van der Waals surface area (Å²) in [7, 11) is 3.23. The Kier molecular flexibility index (Phi) is 6.40. The minimum Gasteiger partial charge on any atom is -0.493 e. The monoisotopic (exact) mass is 420 g/mol. The van der Waals surface area contributed by atoms with Crippen molar-refractivity contribution in [3.8, 4) is 11.5 Å². The zero-order chi connectivity index (χ0) is 18.9. The third-order valence-electron chi connectivity index (χ3n) is 5.71. The molecule has 1 N–H and O–H groups in total. The molecule has 28 heavy (non-hydrogen) atoms. The summed E-state index contributed by atoms with van der Waals surface area (Å²) in [4.78, 5) is 17.6. The molecule has 0 aromatic heterocycles. The Labute approximate surface area is 176 Å². The minimum absolute atomic E-state index is 0. The third kappa shape index (κ3) is 3.44. The molecule has 3 unspecified atom stereocenters. The highest BCUT2D eigenvalue weighted by Crippen LogP contribution is 2.57. The van der Waals surface area contributed by atoms with Gasteiger partial charge >= 0.3 is 0 Å². The van der Waals surface area contributed by atoms with E-state index in [1.54, 1.807) is 14.2 Å². The van der Waals surface area contributed by atoms with Crippen molar-refractivity contribution in [2.75, 3.05) is 20.0 Å². The molecule has 5 nitrogen and oxygen atoms in total. The molecule has 4 rings (SSSR count). The quantitative estimate of drug-likeness (QED) is 0.787. The molecule has 0 saturated carbocycles. The first kappa shape index (κ1) is 20.8. The Balaban J connectivity index is 0.00000225. The molecule has 3 atom stereocenters. The number of benzene rings is 1. The summed E-state index contributed by atoms with van der Waals surface area (Å²) in [6.45, 7) is 0.427. The van der Waals surface area contributed by atoms with Crippen molar-refractivity contribution in [1.29, 1.82) is 0 Å². The number of carbonyl (C=O) groups is 1. The standard InChI is InChI=1S/C21H24N2O3S.ClH/c1-25-17-7-5-6-14(19(17)26-2)12-23-20(24)15-13-27-21-10-4-3-8-18(21)22-11-9-16(15)21;/h3-8,11,15-16H,9-10,12-13H2,1-2H3,(H,23,24);1H. The largest absolute Gasteiger partial charge is 0.493 e. The molecular weight excluding hydrogens is 396 g/mol. The van der Waals surface area contributed by atoms with Gasteiger partial charge in [0.1, 0.15) is 0 Å². The van der Waals surface area contributed by atoms with Crippen LogP contribution in [0.25, 0.3) is 0 Å². The minimum atomic E-state index is -0.0286. The summed E-state index contributed by atoms with van der Waals surface area (Å²) >= 11 is 1.89. The van der Waals surface area contributed by atoms with Crippen LogP contribution < -0.4 is 14.8 Å². The maximum absolute atomic E-state index is 13.0. The Bertz CT molecular complexity index is 839. The van der Waals surface area contributed by atoms with Gasteiger partial charge in [-0.3, -0.25) is 9.79 Å². The number of para-hydroxylation sites is 1. The highest BCUT2D eigenvalue weighted by Gasteiger charge is 2.54. The number of nitrogens with one attached hydrogen (secondary N) is 1. The molecule has 7 heteroatoms. The molecule has 0 radical (unpaired) electrons. The Morgan fingerprint density at radius 2 is 2.21 bits per heavy atom. The predicted octanol–water partition coefficient (Wildman–Crippen LogP) is 3.78. The van der Waals surface area contributed by atoms with Gasteiger partial charge in [0.15, 0.2) is 11.5 Å². The van der Waals surface area contributed by atoms with Crippen molar-refractivity contribution in [2.45, 2.75) is 24.1 Å². The predicted molar refractivity (Wildman–Crippen MR) is 116 cm³/mol. The summed E-state index contributed by atoms with van der Waals surface area (Å²) in [5.74, 6) is 2.58. The Hall–Kier alpha value is -1.92. The SMILES string of the molecule is COc1cccc(CNC(=O)C2CSC34CC=CC=C3N=CCC24)c1OC.Cl. The van der Waals surface area contributed by atoms with Crippen LogP contribution in [0.15, 0.2) is 47.1 Å². The lowest BCUT2D eigenvalue weighted by Gasteiger charge is -2.39. The second kappa shape index (κ2) is 8.62. The van der Waals surface area contributed by atoms with Crippen LogP contribution in [0.2, 0.25) is 0 Å².